The average Bonchev–Trinajstić information content (AvgIpc) is 2.28. The minimum atomic E-state index is -0.299. The van der Waals surface area contributed by atoms with Crippen LogP contribution in [0.3, 0.4) is 0 Å². The van der Waals surface area contributed by atoms with Gasteiger partial charge in [-0.25, -0.2) is 0 Å². The Balaban J connectivity index is 4.06. The molecule has 1 unspecified atom stereocenters. The van der Waals surface area contributed by atoms with E-state index >= 15 is 0 Å². The fourth-order valence-corrected chi connectivity index (χ4v) is 1.52. The number of Topliss-reactive ketones (excluding diaryl/α,β-unsaturated/α-hetero) is 2. The third-order valence-corrected chi connectivity index (χ3v) is 3.84. The molecule has 0 aliphatic rings. The van der Waals surface area contributed by atoms with Crippen LogP contribution in [0.1, 0.15) is 47.5 Å². The summed E-state index contributed by atoms with van der Waals surface area (Å²) in [4.78, 5) is 23.5. The van der Waals surface area contributed by atoms with Crippen molar-refractivity contribution in [3.05, 3.63) is 0 Å². The number of nitrogens with one attached hydrogen (secondary N) is 1. The quantitative estimate of drug-likeness (QED) is 0.656. The van der Waals surface area contributed by atoms with Crippen molar-refractivity contribution in [2.75, 3.05) is 13.1 Å². The zero-order valence-corrected chi connectivity index (χ0v) is 12.4. The predicted molar refractivity (Wildman–Crippen MR) is 74.4 cm³/mol. The maximum atomic E-state index is 12.0. The summed E-state index contributed by atoms with van der Waals surface area (Å²) in [7, 11) is 0. The maximum Gasteiger partial charge on any atom is 0.150 e. The molecule has 0 aliphatic carbocycles. The van der Waals surface area contributed by atoms with E-state index < -0.39 is 0 Å². The van der Waals surface area contributed by atoms with E-state index in [0.29, 0.717) is 31.8 Å². The Morgan fingerprint density at radius 2 is 1.72 bits per heavy atom. The van der Waals surface area contributed by atoms with Crippen molar-refractivity contribution < 1.29 is 9.59 Å². The number of carbonyl (C=O) groups is 2. The summed E-state index contributed by atoms with van der Waals surface area (Å²) < 4.78 is 0. The van der Waals surface area contributed by atoms with Crippen LogP contribution in [0.25, 0.3) is 0 Å². The van der Waals surface area contributed by atoms with Gasteiger partial charge in [-0.1, -0.05) is 27.7 Å². The second kappa shape index (κ2) is 7.64. The predicted octanol–water partition coefficient (Wildman–Crippen LogP) is 1.52. The van der Waals surface area contributed by atoms with Crippen LogP contribution in [0, 0.1) is 11.3 Å². The summed E-state index contributed by atoms with van der Waals surface area (Å²) in [5.41, 5.74) is 5.03. The van der Waals surface area contributed by atoms with Crippen LogP contribution in [-0.4, -0.2) is 30.7 Å². The lowest BCUT2D eigenvalue weighted by molar-refractivity contribution is -0.129. The largest absolute Gasteiger partial charge is 0.330 e. The lowest BCUT2D eigenvalue weighted by atomic mass is 9.76. The van der Waals surface area contributed by atoms with E-state index in [9.17, 15) is 9.59 Å². The van der Waals surface area contributed by atoms with Crippen molar-refractivity contribution in [1.29, 1.82) is 0 Å². The second-order valence-electron chi connectivity index (χ2n) is 5.73. The smallest absolute Gasteiger partial charge is 0.150 e. The molecule has 0 saturated carbocycles. The van der Waals surface area contributed by atoms with Gasteiger partial charge in [0.15, 0.2) is 5.78 Å². The average molecular weight is 256 g/mol. The van der Waals surface area contributed by atoms with E-state index in [1.165, 1.54) is 0 Å². The van der Waals surface area contributed by atoms with Crippen molar-refractivity contribution in [2.45, 2.75) is 53.5 Å². The van der Waals surface area contributed by atoms with Crippen molar-refractivity contribution in [1.82, 2.24) is 5.32 Å². The molecule has 0 radical (unpaired) electrons. The Labute approximate surface area is 111 Å². The monoisotopic (exact) mass is 256 g/mol. The molecule has 0 fully saturated rings. The Morgan fingerprint density at radius 1 is 1.17 bits per heavy atom. The van der Waals surface area contributed by atoms with Gasteiger partial charge in [0, 0.05) is 24.8 Å². The highest BCUT2D eigenvalue weighted by Crippen LogP contribution is 2.28. The lowest BCUT2D eigenvalue weighted by Gasteiger charge is -2.27. The third kappa shape index (κ3) is 5.27. The summed E-state index contributed by atoms with van der Waals surface area (Å²) in [6, 6.07) is -0.219. The first-order valence-corrected chi connectivity index (χ1v) is 6.73. The number of hydrogen-bond donors (Lipinski definition) is 2. The first-order chi connectivity index (χ1) is 8.23. The summed E-state index contributed by atoms with van der Waals surface area (Å²) in [5, 5.41) is 3.08. The normalized spacial score (nSPS) is 13.7. The van der Waals surface area contributed by atoms with Gasteiger partial charge in [0.2, 0.25) is 0 Å². The SMILES string of the molecule is CC(NCCC(=O)C(C)(C)C(C)C)C(=O)CCN. The highest BCUT2D eigenvalue weighted by Gasteiger charge is 2.30. The molecule has 0 aliphatic heterocycles. The maximum absolute atomic E-state index is 12.0. The lowest BCUT2D eigenvalue weighted by Crippen LogP contribution is -2.38. The van der Waals surface area contributed by atoms with Crippen molar-refractivity contribution in [3.8, 4) is 0 Å². The molecule has 0 aromatic heterocycles. The molecule has 0 aromatic rings. The van der Waals surface area contributed by atoms with Crippen LogP contribution >= 0.6 is 0 Å². The first-order valence-electron chi connectivity index (χ1n) is 6.73. The Morgan fingerprint density at radius 3 is 2.17 bits per heavy atom. The molecule has 106 valence electrons. The Kier molecular flexibility index (Phi) is 7.33. The molecular weight excluding hydrogens is 228 g/mol. The number of rotatable bonds is 9. The topological polar surface area (TPSA) is 72.2 Å². The van der Waals surface area contributed by atoms with Gasteiger partial charge in [-0.2, -0.15) is 0 Å². The van der Waals surface area contributed by atoms with E-state index in [0.717, 1.165) is 0 Å². The molecule has 3 N–H and O–H groups in total. The Hall–Kier alpha value is -0.740. The van der Waals surface area contributed by atoms with Gasteiger partial charge in [-0.05, 0) is 19.4 Å². The fourth-order valence-electron chi connectivity index (χ4n) is 1.52. The number of hydrogen-bond acceptors (Lipinski definition) is 4. The van der Waals surface area contributed by atoms with Crippen molar-refractivity contribution >= 4 is 11.6 Å². The first kappa shape index (κ1) is 17.3. The molecule has 0 heterocycles. The summed E-state index contributed by atoms with van der Waals surface area (Å²) >= 11 is 0. The molecule has 0 bridgehead atoms. The number of nitrogens with two attached hydrogens (primary N) is 1. The molecule has 0 rings (SSSR count). The summed E-state index contributed by atoms with van der Waals surface area (Å²) in [6.45, 7) is 10.8. The van der Waals surface area contributed by atoms with Crippen LogP contribution < -0.4 is 11.1 Å². The highest BCUT2D eigenvalue weighted by atomic mass is 16.1. The van der Waals surface area contributed by atoms with E-state index in [4.69, 9.17) is 5.73 Å². The van der Waals surface area contributed by atoms with Gasteiger partial charge in [0.25, 0.3) is 0 Å². The molecular formula is C14H28N2O2. The van der Waals surface area contributed by atoms with Gasteiger partial charge in [0.1, 0.15) is 5.78 Å². The van der Waals surface area contributed by atoms with Crippen molar-refractivity contribution in [2.24, 2.45) is 17.1 Å². The van der Waals surface area contributed by atoms with E-state index in [2.05, 4.69) is 19.2 Å². The van der Waals surface area contributed by atoms with Gasteiger partial charge in [-0.15, -0.1) is 0 Å². The Bertz CT molecular complexity index is 286. The molecule has 18 heavy (non-hydrogen) atoms. The minimum Gasteiger partial charge on any atom is -0.330 e. The number of ketones is 2. The summed E-state index contributed by atoms with van der Waals surface area (Å²) in [5.74, 6) is 0.665. The van der Waals surface area contributed by atoms with Crippen LogP contribution in [-0.2, 0) is 9.59 Å². The van der Waals surface area contributed by atoms with Gasteiger partial charge in [-0.3, -0.25) is 9.59 Å². The highest BCUT2D eigenvalue weighted by molar-refractivity contribution is 5.85. The minimum absolute atomic E-state index is 0.105. The third-order valence-electron chi connectivity index (χ3n) is 3.84. The van der Waals surface area contributed by atoms with Crippen LogP contribution in [0.5, 0.6) is 0 Å². The van der Waals surface area contributed by atoms with Gasteiger partial charge < -0.3 is 11.1 Å². The molecule has 0 saturated heterocycles. The molecule has 1 atom stereocenters. The van der Waals surface area contributed by atoms with Crippen molar-refractivity contribution in [3.63, 3.8) is 0 Å². The number of carbonyl (C=O) groups excluding carboxylic acids is 2. The second-order valence-corrected chi connectivity index (χ2v) is 5.73. The zero-order valence-electron chi connectivity index (χ0n) is 12.4. The molecule has 4 nitrogen and oxygen atoms in total. The fraction of sp³-hybridized carbons (Fsp3) is 0.857. The standard InChI is InChI=1S/C14H28N2O2/c1-10(2)14(4,5)13(18)7-9-16-11(3)12(17)6-8-15/h10-11,16H,6-9,15H2,1-5H3. The summed E-state index contributed by atoms with van der Waals surface area (Å²) in [6.07, 6.45) is 0.852. The molecule has 0 spiro atoms. The molecule has 0 amide bonds. The zero-order chi connectivity index (χ0) is 14.3. The molecule has 0 aromatic carbocycles. The van der Waals surface area contributed by atoms with E-state index in [1.54, 1.807) is 0 Å². The van der Waals surface area contributed by atoms with Crippen LogP contribution in [0.4, 0.5) is 0 Å². The van der Waals surface area contributed by atoms with Crippen LogP contribution in [0.15, 0.2) is 0 Å². The van der Waals surface area contributed by atoms with Gasteiger partial charge >= 0.3 is 0 Å². The van der Waals surface area contributed by atoms with Gasteiger partial charge in [0.05, 0.1) is 6.04 Å². The van der Waals surface area contributed by atoms with E-state index in [1.807, 2.05) is 20.8 Å². The van der Waals surface area contributed by atoms with E-state index in [-0.39, 0.29) is 23.0 Å². The van der Waals surface area contributed by atoms with Crippen LogP contribution in [0.2, 0.25) is 0 Å². The molecule has 4 heteroatoms.